The minimum Gasteiger partial charge on any atom is -0.350 e. The quantitative estimate of drug-likeness (QED) is 0.138. The van der Waals surface area contributed by atoms with Crippen molar-refractivity contribution in [2.45, 2.75) is 35.9 Å². The second-order valence-electron chi connectivity index (χ2n) is 15.1. The molecule has 0 spiro atoms. The summed E-state index contributed by atoms with van der Waals surface area (Å²) in [5.41, 5.74) is 13.5. The van der Waals surface area contributed by atoms with Gasteiger partial charge in [-0.15, -0.1) is 0 Å². The van der Waals surface area contributed by atoms with Crippen molar-refractivity contribution < 1.29 is 4.74 Å². The van der Waals surface area contributed by atoms with Crippen LogP contribution in [0.3, 0.4) is 0 Å². The lowest BCUT2D eigenvalue weighted by Gasteiger charge is -2.48. The first kappa shape index (κ1) is 33.3. The highest BCUT2D eigenvalue weighted by atomic mass is 16.5. The van der Waals surface area contributed by atoms with Gasteiger partial charge in [0.05, 0.1) is 0 Å². The summed E-state index contributed by atoms with van der Waals surface area (Å²) in [6, 6.07) is 80.0. The maximum atomic E-state index is 8.55. The molecule has 0 amide bonds. The third-order valence-corrected chi connectivity index (χ3v) is 12.2. The van der Waals surface area contributed by atoms with E-state index in [1.165, 1.54) is 44.5 Å². The number of benzene rings is 8. The van der Waals surface area contributed by atoms with E-state index in [-0.39, 0.29) is 11.8 Å². The number of fused-ring (bicyclic) bond motifs is 6. The van der Waals surface area contributed by atoms with E-state index in [0.29, 0.717) is 12.8 Å². The van der Waals surface area contributed by atoms with Crippen LogP contribution >= 0.6 is 0 Å². The fourth-order valence-corrected chi connectivity index (χ4v) is 9.79. The van der Waals surface area contributed by atoms with Crippen LogP contribution in [-0.2, 0) is 15.9 Å². The fourth-order valence-electron chi connectivity index (χ4n) is 9.79. The van der Waals surface area contributed by atoms with Crippen molar-refractivity contribution >= 4 is 0 Å². The van der Waals surface area contributed by atoms with Gasteiger partial charge in [0.25, 0.3) is 0 Å². The molecule has 0 heterocycles. The number of hydrogen-bond donors (Lipinski definition) is 0. The van der Waals surface area contributed by atoms with Crippen LogP contribution in [0.2, 0.25) is 0 Å². The number of ether oxygens (including phenoxy) is 1. The molecule has 2 aliphatic rings. The van der Waals surface area contributed by atoms with Gasteiger partial charge in [0, 0.05) is 11.8 Å². The van der Waals surface area contributed by atoms with Crippen molar-refractivity contribution in [3.8, 4) is 22.3 Å². The van der Waals surface area contributed by atoms with Crippen LogP contribution in [0.25, 0.3) is 22.3 Å². The lowest BCUT2D eigenvalue weighted by atomic mass is 9.72. The maximum Gasteiger partial charge on any atom is 0.121 e. The summed E-state index contributed by atoms with van der Waals surface area (Å²) < 4.78 is 8.55. The maximum absolute atomic E-state index is 8.55. The average Bonchev–Trinajstić information content (AvgIpc) is 3.76. The van der Waals surface area contributed by atoms with Crippen molar-refractivity contribution in [2.75, 3.05) is 0 Å². The van der Waals surface area contributed by atoms with Gasteiger partial charge in [-0.05, 0) is 79.6 Å². The Hall–Kier alpha value is -6.28. The molecule has 0 fully saturated rings. The molecule has 0 radical (unpaired) electrons. The fraction of sp³-hybridized carbons (Fsp3) is 0.111. The van der Waals surface area contributed by atoms with Crippen molar-refractivity contribution in [3.05, 3.63) is 263 Å². The molecule has 0 N–H and O–H groups in total. The highest BCUT2D eigenvalue weighted by molar-refractivity contribution is 5.80. The van der Waals surface area contributed by atoms with E-state index >= 15 is 0 Å². The second kappa shape index (κ2) is 13.9. The van der Waals surface area contributed by atoms with Crippen LogP contribution in [0.4, 0.5) is 0 Å². The zero-order valence-corrected chi connectivity index (χ0v) is 30.8. The van der Waals surface area contributed by atoms with Crippen LogP contribution in [0.1, 0.15) is 69.2 Å². The predicted molar refractivity (Wildman–Crippen MR) is 225 cm³/mol. The third kappa shape index (κ3) is 5.58. The van der Waals surface area contributed by atoms with Crippen molar-refractivity contribution in [1.82, 2.24) is 0 Å². The van der Waals surface area contributed by atoms with Gasteiger partial charge in [-0.25, -0.2) is 0 Å². The second-order valence-corrected chi connectivity index (χ2v) is 15.1. The zero-order valence-electron chi connectivity index (χ0n) is 30.8. The van der Waals surface area contributed by atoms with Crippen LogP contribution in [0.15, 0.2) is 218 Å². The Labute approximate surface area is 324 Å². The van der Waals surface area contributed by atoms with Crippen LogP contribution in [0.5, 0.6) is 0 Å². The molecule has 8 aromatic carbocycles. The Kier molecular flexibility index (Phi) is 8.39. The highest BCUT2D eigenvalue weighted by Gasteiger charge is 2.50. The molecule has 1 heteroatoms. The predicted octanol–water partition coefficient (Wildman–Crippen LogP) is 13.3. The van der Waals surface area contributed by atoms with Crippen molar-refractivity contribution in [2.24, 2.45) is 0 Å². The first-order valence-electron chi connectivity index (χ1n) is 19.5. The molecule has 1 nitrogen and oxygen atoms in total. The minimum atomic E-state index is -0.874. The monoisotopic (exact) mass is 706 g/mol. The summed E-state index contributed by atoms with van der Waals surface area (Å²) in [6.45, 7) is 0. The molecule has 0 bridgehead atoms. The molecular weight excluding hydrogens is 665 g/mol. The minimum absolute atomic E-state index is 0.102. The van der Waals surface area contributed by atoms with Crippen LogP contribution < -0.4 is 0 Å². The Balaban J connectivity index is 1.26. The lowest BCUT2D eigenvalue weighted by molar-refractivity contribution is -0.137. The molecule has 0 atom stereocenters. The first-order chi connectivity index (χ1) is 27.3. The van der Waals surface area contributed by atoms with E-state index in [0.717, 1.165) is 22.3 Å². The van der Waals surface area contributed by atoms with Gasteiger partial charge in [-0.2, -0.15) is 0 Å². The molecule has 2 aliphatic carbocycles. The summed E-state index contributed by atoms with van der Waals surface area (Å²) in [5, 5.41) is 0. The SMILES string of the molecule is c1ccc(C(CC2c3ccccc3-c3ccccc32)(OC(CC2c3ccccc3-c3ccccc32)(c2ccccc2)c2ccccc2)c2ccccc2)cc1. The molecule has 0 saturated carbocycles. The molecule has 0 unspecified atom stereocenters. The Morgan fingerprint density at radius 3 is 0.745 bits per heavy atom. The Morgan fingerprint density at radius 2 is 0.491 bits per heavy atom. The lowest BCUT2D eigenvalue weighted by Crippen LogP contribution is -2.44. The zero-order chi connectivity index (χ0) is 36.7. The van der Waals surface area contributed by atoms with Gasteiger partial charge in [0.15, 0.2) is 0 Å². The van der Waals surface area contributed by atoms with Crippen LogP contribution in [-0.4, -0.2) is 0 Å². The molecule has 264 valence electrons. The molecule has 0 aliphatic heterocycles. The van der Waals surface area contributed by atoms with E-state index in [4.69, 9.17) is 4.74 Å². The summed E-state index contributed by atoms with van der Waals surface area (Å²) in [4.78, 5) is 0. The smallest absolute Gasteiger partial charge is 0.121 e. The van der Waals surface area contributed by atoms with Crippen molar-refractivity contribution in [3.63, 3.8) is 0 Å². The van der Waals surface area contributed by atoms with Gasteiger partial charge in [0.1, 0.15) is 11.2 Å². The van der Waals surface area contributed by atoms with Crippen molar-refractivity contribution in [1.29, 1.82) is 0 Å². The Bertz CT molecular complexity index is 2220. The summed E-state index contributed by atoms with van der Waals surface area (Å²) in [6.07, 6.45) is 1.43. The molecule has 0 aromatic heterocycles. The summed E-state index contributed by atoms with van der Waals surface area (Å²) >= 11 is 0. The van der Waals surface area contributed by atoms with Gasteiger partial charge in [-0.3, -0.25) is 0 Å². The number of rotatable bonds is 10. The molecule has 10 rings (SSSR count). The highest BCUT2D eigenvalue weighted by Crippen LogP contribution is 2.58. The van der Waals surface area contributed by atoms with E-state index in [1.54, 1.807) is 0 Å². The average molecular weight is 707 g/mol. The van der Waals surface area contributed by atoms with Gasteiger partial charge in [-0.1, -0.05) is 218 Å². The topological polar surface area (TPSA) is 9.23 Å². The van der Waals surface area contributed by atoms with E-state index in [9.17, 15) is 0 Å². The number of hydrogen-bond acceptors (Lipinski definition) is 1. The standard InChI is InChI=1S/C54H42O/c1-5-21-39(22-6-1)53(40-23-7-2-8-24-40,37-51-47-33-17-13-29-43(47)44-30-14-18-34-48(44)51)55-54(41-25-9-3-10-26-41,42-27-11-4-12-28-42)38-52-49-35-19-15-31-45(49)46-32-16-20-36-50(46)52/h1-36,51-52H,37-38H2. The van der Waals surface area contributed by atoms with E-state index < -0.39 is 11.2 Å². The van der Waals surface area contributed by atoms with Gasteiger partial charge < -0.3 is 4.74 Å². The van der Waals surface area contributed by atoms with E-state index in [2.05, 4.69) is 218 Å². The summed E-state index contributed by atoms with van der Waals surface area (Å²) in [5.74, 6) is 0.204. The first-order valence-corrected chi connectivity index (χ1v) is 19.5. The molecule has 55 heavy (non-hydrogen) atoms. The van der Waals surface area contributed by atoms with E-state index in [1.807, 2.05) is 0 Å². The molecule has 8 aromatic rings. The Morgan fingerprint density at radius 1 is 0.273 bits per heavy atom. The molecular formula is C54H42O. The van der Waals surface area contributed by atoms with Crippen LogP contribution in [0, 0.1) is 0 Å². The van der Waals surface area contributed by atoms with Gasteiger partial charge in [0.2, 0.25) is 0 Å². The normalized spacial score (nSPS) is 13.5. The largest absolute Gasteiger partial charge is 0.350 e. The third-order valence-electron chi connectivity index (χ3n) is 12.2. The molecule has 0 saturated heterocycles. The van der Waals surface area contributed by atoms with Gasteiger partial charge >= 0.3 is 0 Å². The summed E-state index contributed by atoms with van der Waals surface area (Å²) in [7, 11) is 0.